The van der Waals surface area contributed by atoms with Crippen molar-refractivity contribution in [3.8, 4) is 5.75 Å². The van der Waals surface area contributed by atoms with Gasteiger partial charge in [0.05, 0.1) is 24.1 Å². The Morgan fingerprint density at radius 3 is 2.11 bits per heavy atom. The molecule has 1 saturated heterocycles. The molecule has 0 spiro atoms. The number of nitrogens with zero attached hydrogens (tertiary/aromatic N) is 3. The first-order chi connectivity index (χ1) is 22.9. The summed E-state index contributed by atoms with van der Waals surface area (Å²) in [4.78, 5) is 34.3. The highest BCUT2D eigenvalue weighted by Crippen LogP contribution is 2.48. The third-order valence-corrected chi connectivity index (χ3v) is 10.4. The molecule has 0 aliphatic carbocycles. The molecule has 2 heterocycles. The van der Waals surface area contributed by atoms with Crippen LogP contribution in [0, 0.1) is 0 Å². The number of carbonyl (C=O) groups is 2. The molecule has 0 N–H and O–H groups in total. The highest BCUT2D eigenvalue weighted by atomic mass is 35.5. The SMILES string of the molecule is COc1ccc([C@@H]2Sc3cc(Cl)ccc3N(CCCN3CCN(C(c4ccccc4)c4ccccc4)CC3)C(=O)C2OC(C)=O)cc1. The van der Waals surface area contributed by atoms with Gasteiger partial charge in [-0.2, -0.15) is 0 Å². The van der Waals surface area contributed by atoms with Crippen LogP contribution in [0.15, 0.2) is 108 Å². The Bertz CT molecular complexity index is 1610. The van der Waals surface area contributed by atoms with Gasteiger partial charge in [-0.25, -0.2) is 0 Å². The molecule has 2 atom stereocenters. The zero-order valence-electron chi connectivity index (χ0n) is 26.8. The van der Waals surface area contributed by atoms with Crippen molar-refractivity contribution in [2.24, 2.45) is 0 Å². The Kier molecular flexibility index (Phi) is 10.8. The number of halogens is 1. The summed E-state index contributed by atoms with van der Waals surface area (Å²) in [5, 5.41) is 0.139. The van der Waals surface area contributed by atoms with E-state index in [4.69, 9.17) is 21.1 Å². The summed E-state index contributed by atoms with van der Waals surface area (Å²) in [6.07, 6.45) is -0.215. The molecule has 47 heavy (non-hydrogen) atoms. The molecular weight excluding hydrogens is 630 g/mol. The summed E-state index contributed by atoms with van der Waals surface area (Å²) in [6, 6.07) is 34.8. The average molecular weight is 670 g/mol. The van der Waals surface area contributed by atoms with Gasteiger partial charge in [-0.15, -0.1) is 11.8 Å². The molecule has 4 aromatic carbocycles. The molecule has 0 aromatic heterocycles. The third kappa shape index (κ3) is 7.84. The molecule has 1 amide bonds. The Labute approximate surface area is 286 Å². The molecule has 1 unspecified atom stereocenters. The molecule has 1 fully saturated rings. The van der Waals surface area contributed by atoms with E-state index in [1.54, 1.807) is 12.0 Å². The molecule has 4 aromatic rings. The number of fused-ring (bicyclic) bond motifs is 1. The van der Waals surface area contributed by atoms with Gasteiger partial charge >= 0.3 is 5.97 Å². The Morgan fingerprint density at radius 1 is 0.872 bits per heavy atom. The number of rotatable bonds is 10. The average Bonchev–Trinajstić information content (AvgIpc) is 3.20. The quantitative estimate of drug-likeness (QED) is 0.165. The Balaban J connectivity index is 1.16. The number of hydrogen-bond acceptors (Lipinski definition) is 7. The fourth-order valence-electron chi connectivity index (χ4n) is 6.55. The summed E-state index contributed by atoms with van der Waals surface area (Å²) in [5.74, 6) is -0.00848. The maximum absolute atomic E-state index is 14.3. The number of methoxy groups -OCH3 is 1. The maximum atomic E-state index is 14.3. The lowest BCUT2D eigenvalue weighted by Crippen LogP contribution is -2.48. The fourth-order valence-corrected chi connectivity index (χ4v) is 8.14. The van der Waals surface area contributed by atoms with Gasteiger partial charge in [0.15, 0.2) is 6.10 Å². The number of esters is 1. The largest absolute Gasteiger partial charge is 0.497 e. The molecule has 0 bridgehead atoms. The topological polar surface area (TPSA) is 62.3 Å². The fraction of sp³-hybridized carbons (Fsp3) is 0.316. The predicted molar refractivity (Wildman–Crippen MR) is 188 cm³/mol. The molecule has 7 nitrogen and oxygen atoms in total. The molecule has 9 heteroatoms. The highest BCUT2D eigenvalue weighted by molar-refractivity contribution is 7.99. The Hall–Kier alpha value is -3.82. The highest BCUT2D eigenvalue weighted by Gasteiger charge is 2.41. The van der Waals surface area contributed by atoms with Crippen LogP contribution in [0.3, 0.4) is 0 Å². The van der Waals surface area contributed by atoms with Crippen LogP contribution in [-0.4, -0.2) is 74.2 Å². The zero-order valence-corrected chi connectivity index (χ0v) is 28.3. The minimum absolute atomic E-state index is 0.215. The van der Waals surface area contributed by atoms with Crippen molar-refractivity contribution in [3.05, 3.63) is 125 Å². The lowest BCUT2D eigenvalue weighted by Gasteiger charge is -2.40. The van der Waals surface area contributed by atoms with Crippen LogP contribution in [0.4, 0.5) is 5.69 Å². The van der Waals surface area contributed by atoms with E-state index in [0.29, 0.717) is 17.3 Å². The van der Waals surface area contributed by atoms with Crippen LogP contribution in [-0.2, 0) is 14.3 Å². The summed E-state index contributed by atoms with van der Waals surface area (Å²) in [6.45, 7) is 6.50. The lowest BCUT2D eigenvalue weighted by molar-refractivity contribution is -0.152. The first-order valence-corrected chi connectivity index (χ1v) is 17.3. The van der Waals surface area contributed by atoms with E-state index in [1.165, 1.54) is 29.8 Å². The minimum atomic E-state index is -0.992. The lowest BCUT2D eigenvalue weighted by atomic mass is 9.96. The molecular formula is C38H40ClN3O4S. The van der Waals surface area contributed by atoms with E-state index in [-0.39, 0.29) is 11.9 Å². The maximum Gasteiger partial charge on any atom is 0.303 e. The van der Waals surface area contributed by atoms with Gasteiger partial charge in [-0.3, -0.25) is 14.5 Å². The van der Waals surface area contributed by atoms with Gasteiger partial charge in [0.2, 0.25) is 0 Å². The molecule has 0 radical (unpaired) electrons. The van der Waals surface area contributed by atoms with E-state index in [2.05, 4.69) is 70.5 Å². The number of hydrogen-bond donors (Lipinski definition) is 0. The number of anilines is 1. The van der Waals surface area contributed by atoms with E-state index in [1.807, 2.05) is 42.5 Å². The van der Waals surface area contributed by atoms with E-state index in [9.17, 15) is 9.59 Å². The summed E-state index contributed by atoms with van der Waals surface area (Å²) in [7, 11) is 1.61. The molecule has 244 valence electrons. The standard InChI is InChI=1S/C38H40ClN3O4S/c1-27(43)46-36-37(30-14-17-32(45-2)18-15-30)47-34-26-31(39)16-19-33(34)42(38(36)44)21-9-20-40-22-24-41(25-23-40)35(28-10-5-3-6-11-28)29-12-7-4-8-13-29/h3-8,10-19,26,35-37H,9,20-25H2,1-2H3/t36?,37-/m0/s1. The zero-order chi connectivity index (χ0) is 32.8. The van der Waals surface area contributed by atoms with Gasteiger partial charge in [0.1, 0.15) is 5.75 Å². The number of carbonyl (C=O) groups excluding carboxylic acids is 2. The van der Waals surface area contributed by atoms with Gasteiger partial charge in [-0.05, 0) is 60.0 Å². The van der Waals surface area contributed by atoms with Crippen molar-refractivity contribution in [1.29, 1.82) is 0 Å². The van der Waals surface area contributed by atoms with E-state index in [0.717, 1.165) is 55.3 Å². The predicted octanol–water partition coefficient (Wildman–Crippen LogP) is 7.26. The van der Waals surface area contributed by atoms with Crippen molar-refractivity contribution in [2.75, 3.05) is 51.3 Å². The van der Waals surface area contributed by atoms with Crippen LogP contribution in [0.25, 0.3) is 0 Å². The first-order valence-electron chi connectivity index (χ1n) is 16.1. The molecule has 2 aliphatic heterocycles. The van der Waals surface area contributed by atoms with Gasteiger partial charge in [-0.1, -0.05) is 84.4 Å². The number of piperazine rings is 1. The van der Waals surface area contributed by atoms with Crippen LogP contribution < -0.4 is 9.64 Å². The van der Waals surface area contributed by atoms with Crippen molar-refractivity contribution >= 4 is 40.9 Å². The first kappa shape index (κ1) is 33.1. The van der Waals surface area contributed by atoms with Crippen molar-refractivity contribution in [3.63, 3.8) is 0 Å². The van der Waals surface area contributed by atoms with Crippen LogP contribution in [0.1, 0.15) is 41.3 Å². The number of thioether (sulfide) groups is 1. The second-order valence-corrected chi connectivity index (χ2v) is 13.5. The van der Waals surface area contributed by atoms with E-state index < -0.39 is 17.3 Å². The van der Waals surface area contributed by atoms with Crippen LogP contribution >= 0.6 is 23.4 Å². The smallest absolute Gasteiger partial charge is 0.303 e. The summed E-state index contributed by atoms with van der Waals surface area (Å²) >= 11 is 7.95. The minimum Gasteiger partial charge on any atom is -0.497 e. The van der Waals surface area contributed by atoms with Crippen LogP contribution in [0.2, 0.25) is 5.02 Å². The monoisotopic (exact) mass is 669 g/mol. The number of ether oxygens (including phenoxy) is 2. The molecule has 6 rings (SSSR count). The second kappa shape index (κ2) is 15.4. The number of amides is 1. The second-order valence-electron chi connectivity index (χ2n) is 11.9. The third-order valence-electron chi connectivity index (χ3n) is 8.85. The van der Waals surface area contributed by atoms with Crippen molar-refractivity contribution in [1.82, 2.24) is 9.80 Å². The Morgan fingerprint density at radius 2 is 1.51 bits per heavy atom. The van der Waals surface area contributed by atoms with Crippen molar-refractivity contribution < 1.29 is 19.1 Å². The summed E-state index contributed by atoms with van der Waals surface area (Å²) in [5.41, 5.74) is 4.26. The van der Waals surface area contributed by atoms with Gasteiger partial charge in [0, 0.05) is 49.6 Å². The molecule has 0 saturated carbocycles. The van der Waals surface area contributed by atoms with E-state index >= 15 is 0 Å². The van der Waals surface area contributed by atoms with Crippen LogP contribution in [0.5, 0.6) is 5.75 Å². The van der Waals surface area contributed by atoms with Gasteiger partial charge in [0.25, 0.3) is 5.91 Å². The summed E-state index contributed by atoms with van der Waals surface area (Å²) < 4.78 is 11.1. The normalized spacial score (nSPS) is 18.9. The molecule has 2 aliphatic rings. The number of benzene rings is 4. The van der Waals surface area contributed by atoms with Crippen molar-refractivity contribution in [2.45, 2.75) is 35.6 Å². The van der Waals surface area contributed by atoms with Gasteiger partial charge < -0.3 is 19.3 Å².